The Morgan fingerprint density at radius 1 is 1.21 bits per heavy atom. The van der Waals surface area contributed by atoms with Gasteiger partial charge in [-0.25, -0.2) is 0 Å². The number of nitrogens with one attached hydrogen (secondary N) is 3. The molecule has 0 radical (unpaired) electrons. The van der Waals surface area contributed by atoms with Crippen molar-refractivity contribution < 1.29 is 4.79 Å². The minimum absolute atomic E-state index is 0.0612. The molecule has 1 aromatic heterocycles. The molecule has 24 heavy (non-hydrogen) atoms. The van der Waals surface area contributed by atoms with Gasteiger partial charge in [-0.05, 0) is 91.3 Å². The van der Waals surface area contributed by atoms with E-state index in [2.05, 4.69) is 83.3 Å². The standard InChI is InChI=1S/C17H22Br3N3O/c1-9(2)6-15(21-3)17(24)22-5-4-10-11-7-12(18)13(19)8-14(11)23-16(10)20/h7-9,15,21,23H,4-6H2,1-3H3,(H,22,24). The fourth-order valence-electron chi connectivity index (χ4n) is 2.72. The van der Waals surface area contributed by atoms with Gasteiger partial charge < -0.3 is 15.6 Å². The molecule has 1 amide bonds. The number of H-pyrrole nitrogens is 1. The van der Waals surface area contributed by atoms with E-state index >= 15 is 0 Å². The van der Waals surface area contributed by atoms with Gasteiger partial charge in [0.15, 0.2) is 0 Å². The molecule has 0 aliphatic rings. The molecule has 0 saturated heterocycles. The second kappa shape index (κ2) is 8.83. The first kappa shape index (κ1) is 19.9. The van der Waals surface area contributed by atoms with Gasteiger partial charge in [-0.3, -0.25) is 4.79 Å². The van der Waals surface area contributed by atoms with Gasteiger partial charge in [0, 0.05) is 26.4 Å². The number of fused-ring (bicyclic) bond motifs is 1. The van der Waals surface area contributed by atoms with Crippen molar-refractivity contribution in [1.29, 1.82) is 0 Å². The summed E-state index contributed by atoms with van der Waals surface area (Å²) in [5.41, 5.74) is 2.23. The third-order valence-electron chi connectivity index (χ3n) is 3.94. The number of likely N-dealkylation sites (N-methyl/N-ethyl adjacent to an activating group) is 1. The second-order valence-corrected chi connectivity index (χ2v) is 8.74. The summed E-state index contributed by atoms with van der Waals surface area (Å²) in [6.07, 6.45) is 1.60. The van der Waals surface area contributed by atoms with Crippen LogP contribution >= 0.6 is 47.8 Å². The van der Waals surface area contributed by atoms with E-state index in [-0.39, 0.29) is 11.9 Å². The number of amides is 1. The molecule has 0 bridgehead atoms. The van der Waals surface area contributed by atoms with Crippen molar-refractivity contribution in [3.8, 4) is 0 Å². The molecular formula is C17H22Br3N3O. The van der Waals surface area contributed by atoms with Gasteiger partial charge in [-0.1, -0.05) is 13.8 Å². The zero-order valence-electron chi connectivity index (χ0n) is 14.0. The van der Waals surface area contributed by atoms with Gasteiger partial charge in [0.2, 0.25) is 5.91 Å². The number of halogens is 3. The third-order valence-corrected chi connectivity index (χ3v) is 6.46. The Labute approximate surface area is 167 Å². The topological polar surface area (TPSA) is 56.9 Å². The maximum absolute atomic E-state index is 12.3. The maximum Gasteiger partial charge on any atom is 0.237 e. The highest BCUT2D eigenvalue weighted by Crippen LogP contribution is 2.33. The Morgan fingerprint density at radius 3 is 2.50 bits per heavy atom. The Balaban J connectivity index is 2.04. The van der Waals surface area contributed by atoms with Crippen molar-refractivity contribution in [2.24, 2.45) is 5.92 Å². The zero-order valence-corrected chi connectivity index (χ0v) is 18.7. The van der Waals surface area contributed by atoms with E-state index in [1.807, 2.05) is 13.1 Å². The molecule has 0 fully saturated rings. The zero-order chi connectivity index (χ0) is 17.9. The summed E-state index contributed by atoms with van der Waals surface area (Å²) in [7, 11) is 1.83. The van der Waals surface area contributed by atoms with Crippen LogP contribution in [0.5, 0.6) is 0 Å². The van der Waals surface area contributed by atoms with Crippen molar-refractivity contribution in [1.82, 2.24) is 15.6 Å². The van der Waals surface area contributed by atoms with Crippen LogP contribution in [-0.4, -0.2) is 30.5 Å². The number of benzene rings is 1. The lowest BCUT2D eigenvalue weighted by Crippen LogP contribution is -2.43. The molecule has 0 aliphatic carbocycles. The summed E-state index contributed by atoms with van der Waals surface area (Å²) < 4.78 is 2.98. The number of carbonyl (C=O) groups excluding carboxylic acids is 1. The number of aromatic nitrogens is 1. The summed E-state index contributed by atoms with van der Waals surface area (Å²) in [6.45, 7) is 4.85. The SMILES string of the molecule is CNC(CC(C)C)C(=O)NCCc1c(Br)[nH]c2cc(Br)c(Br)cc12. The molecule has 1 unspecified atom stereocenters. The molecule has 1 atom stereocenters. The van der Waals surface area contributed by atoms with E-state index < -0.39 is 0 Å². The van der Waals surface area contributed by atoms with Crippen LogP contribution in [-0.2, 0) is 11.2 Å². The van der Waals surface area contributed by atoms with E-state index in [0.29, 0.717) is 12.5 Å². The van der Waals surface area contributed by atoms with E-state index in [4.69, 9.17) is 0 Å². The summed E-state index contributed by atoms with van der Waals surface area (Å²) >= 11 is 10.7. The highest BCUT2D eigenvalue weighted by molar-refractivity contribution is 9.13. The first-order valence-electron chi connectivity index (χ1n) is 7.93. The summed E-state index contributed by atoms with van der Waals surface area (Å²) in [5.74, 6) is 0.540. The first-order chi connectivity index (χ1) is 11.3. The third kappa shape index (κ3) is 4.84. The monoisotopic (exact) mass is 521 g/mol. The van der Waals surface area contributed by atoms with Crippen molar-refractivity contribution in [3.05, 3.63) is 31.2 Å². The molecule has 2 aromatic rings. The molecule has 3 N–H and O–H groups in total. The van der Waals surface area contributed by atoms with Gasteiger partial charge in [0.25, 0.3) is 0 Å². The molecule has 1 aromatic carbocycles. The number of carbonyl (C=O) groups is 1. The molecule has 2 rings (SSSR count). The van der Waals surface area contributed by atoms with Crippen LogP contribution in [0.2, 0.25) is 0 Å². The molecular weight excluding hydrogens is 502 g/mol. The van der Waals surface area contributed by atoms with Gasteiger partial charge in [0.05, 0.1) is 10.6 Å². The predicted octanol–water partition coefficient (Wildman–Crippen LogP) is 4.75. The lowest BCUT2D eigenvalue weighted by molar-refractivity contribution is -0.123. The van der Waals surface area contributed by atoms with Crippen LogP contribution in [0.15, 0.2) is 25.7 Å². The largest absolute Gasteiger partial charge is 0.354 e. The predicted molar refractivity (Wildman–Crippen MR) is 110 cm³/mol. The number of hydrogen-bond donors (Lipinski definition) is 3. The van der Waals surface area contributed by atoms with Gasteiger partial charge in [0.1, 0.15) is 0 Å². The van der Waals surface area contributed by atoms with Crippen molar-refractivity contribution in [2.75, 3.05) is 13.6 Å². The average Bonchev–Trinajstić information content (AvgIpc) is 2.80. The lowest BCUT2D eigenvalue weighted by atomic mass is 10.0. The van der Waals surface area contributed by atoms with Crippen LogP contribution in [0.3, 0.4) is 0 Å². The smallest absolute Gasteiger partial charge is 0.237 e. The number of rotatable bonds is 7. The highest BCUT2D eigenvalue weighted by atomic mass is 79.9. The van der Waals surface area contributed by atoms with Gasteiger partial charge >= 0.3 is 0 Å². The Morgan fingerprint density at radius 2 is 1.88 bits per heavy atom. The molecule has 132 valence electrons. The summed E-state index contributed by atoms with van der Waals surface area (Å²) in [4.78, 5) is 15.6. The average molecular weight is 524 g/mol. The lowest BCUT2D eigenvalue weighted by Gasteiger charge is -2.17. The van der Waals surface area contributed by atoms with Gasteiger partial charge in [-0.15, -0.1) is 0 Å². The molecule has 0 saturated carbocycles. The molecule has 7 heteroatoms. The Hall–Kier alpha value is -0.370. The van der Waals surface area contributed by atoms with Crippen molar-refractivity contribution in [3.63, 3.8) is 0 Å². The highest BCUT2D eigenvalue weighted by Gasteiger charge is 2.18. The van der Waals surface area contributed by atoms with Crippen LogP contribution < -0.4 is 10.6 Å². The van der Waals surface area contributed by atoms with Crippen LogP contribution in [0.25, 0.3) is 10.9 Å². The summed E-state index contributed by atoms with van der Waals surface area (Å²) in [6, 6.07) is 4.00. The number of aromatic amines is 1. The van der Waals surface area contributed by atoms with E-state index in [1.54, 1.807) is 0 Å². The van der Waals surface area contributed by atoms with E-state index in [9.17, 15) is 4.79 Å². The Kier molecular flexibility index (Phi) is 7.34. The molecule has 0 aliphatic heterocycles. The molecule has 1 heterocycles. The summed E-state index contributed by atoms with van der Waals surface area (Å²) in [5, 5.41) is 7.28. The molecule has 0 spiro atoms. The van der Waals surface area contributed by atoms with E-state index in [0.717, 1.165) is 37.3 Å². The van der Waals surface area contributed by atoms with Gasteiger partial charge in [-0.2, -0.15) is 0 Å². The normalized spacial score (nSPS) is 12.8. The van der Waals surface area contributed by atoms with Crippen molar-refractivity contribution >= 4 is 64.6 Å². The van der Waals surface area contributed by atoms with Crippen LogP contribution in [0.4, 0.5) is 0 Å². The van der Waals surface area contributed by atoms with Crippen LogP contribution in [0, 0.1) is 5.92 Å². The fraction of sp³-hybridized carbons (Fsp3) is 0.471. The van der Waals surface area contributed by atoms with Crippen molar-refractivity contribution in [2.45, 2.75) is 32.7 Å². The van der Waals surface area contributed by atoms with E-state index in [1.165, 1.54) is 5.56 Å². The first-order valence-corrected chi connectivity index (χ1v) is 10.3. The minimum atomic E-state index is -0.137. The maximum atomic E-state index is 12.3. The Bertz CT molecular complexity index is 727. The van der Waals surface area contributed by atoms with Crippen LogP contribution in [0.1, 0.15) is 25.8 Å². The second-order valence-electron chi connectivity index (χ2n) is 6.24. The number of hydrogen-bond acceptors (Lipinski definition) is 2. The molecule has 4 nitrogen and oxygen atoms in total. The quantitative estimate of drug-likeness (QED) is 0.490. The fourth-order valence-corrected chi connectivity index (χ4v) is 4.03. The minimum Gasteiger partial charge on any atom is -0.354 e.